The summed E-state index contributed by atoms with van der Waals surface area (Å²) in [4.78, 5) is 8.56. The summed E-state index contributed by atoms with van der Waals surface area (Å²) in [7, 11) is 1.77. The molecule has 2 N–H and O–H groups in total. The average molecular weight is 262 g/mol. The van der Waals surface area contributed by atoms with E-state index < -0.39 is 0 Å². The fourth-order valence-electron chi connectivity index (χ4n) is 2.11. The Kier molecular flexibility index (Phi) is 5.15. The zero-order chi connectivity index (χ0) is 13.5. The van der Waals surface area contributed by atoms with Crippen LogP contribution in [-0.2, 0) is 11.3 Å². The number of aryl methyl sites for hydroxylation is 1. The summed E-state index contributed by atoms with van der Waals surface area (Å²) in [5.41, 5.74) is 2.23. The second-order valence-electron chi connectivity index (χ2n) is 4.71. The van der Waals surface area contributed by atoms with Crippen molar-refractivity contribution in [1.82, 2.24) is 15.6 Å². The second-order valence-corrected chi connectivity index (χ2v) is 4.71. The quantitative estimate of drug-likeness (QED) is 0.633. The Balaban J connectivity index is 1.78. The van der Waals surface area contributed by atoms with Crippen LogP contribution in [-0.4, -0.2) is 37.2 Å². The molecule has 0 radical (unpaired) electrons. The fourth-order valence-corrected chi connectivity index (χ4v) is 2.11. The number of aliphatic imine (C=N–C) groups is 1. The van der Waals surface area contributed by atoms with Gasteiger partial charge in [-0.05, 0) is 31.4 Å². The number of hydrogen-bond acceptors (Lipinski definition) is 3. The van der Waals surface area contributed by atoms with Crippen LogP contribution < -0.4 is 10.6 Å². The van der Waals surface area contributed by atoms with E-state index in [2.05, 4.69) is 33.6 Å². The maximum absolute atomic E-state index is 5.57. The van der Waals surface area contributed by atoms with E-state index in [9.17, 15) is 0 Å². The van der Waals surface area contributed by atoms with Crippen molar-refractivity contribution in [1.29, 1.82) is 0 Å². The first-order chi connectivity index (χ1) is 9.29. The first-order valence-corrected chi connectivity index (χ1v) is 6.76. The topological polar surface area (TPSA) is 58.5 Å². The third-order valence-corrected chi connectivity index (χ3v) is 3.29. The van der Waals surface area contributed by atoms with Gasteiger partial charge in [0.1, 0.15) is 0 Å². The Bertz CT molecular complexity index is 427. The van der Waals surface area contributed by atoms with Crippen LogP contribution in [0.3, 0.4) is 0 Å². The van der Waals surface area contributed by atoms with Crippen molar-refractivity contribution in [3.63, 3.8) is 0 Å². The molecule has 5 nitrogen and oxygen atoms in total. The zero-order valence-electron chi connectivity index (χ0n) is 11.6. The molecule has 2 rings (SSSR count). The molecule has 0 spiro atoms. The molecule has 5 heteroatoms. The third kappa shape index (κ3) is 4.21. The maximum Gasteiger partial charge on any atom is 0.191 e. The van der Waals surface area contributed by atoms with Crippen molar-refractivity contribution < 1.29 is 4.74 Å². The van der Waals surface area contributed by atoms with Gasteiger partial charge in [-0.2, -0.15) is 0 Å². The van der Waals surface area contributed by atoms with Gasteiger partial charge in [0.15, 0.2) is 5.96 Å². The lowest BCUT2D eigenvalue weighted by Crippen LogP contribution is -2.40. The Morgan fingerprint density at radius 1 is 1.53 bits per heavy atom. The minimum Gasteiger partial charge on any atom is -0.376 e. The van der Waals surface area contributed by atoms with Gasteiger partial charge in [0.25, 0.3) is 0 Å². The van der Waals surface area contributed by atoms with Crippen molar-refractivity contribution in [2.24, 2.45) is 4.99 Å². The van der Waals surface area contributed by atoms with Gasteiger partial charge in [0, 0.05) is 26.4 Å². The number of pyridine rings is 1. The van der Waals surface area contributed by atoms with E-state index >= 15 is 0 Å². The summed E-state index contributed by atoms with van der Waals surface area (Å²) in [6, 6.07) is 4.01. The molecule has 1 unspecified atom stereocenters. The van der Waals surface area contributed by atoms with Crippen molar-refractivity contribution >= 4 is 5.96 Å². The average Bonchev–Trinajstić information content (AvgIpc) is 2.94. The van der Waals surface area contributed by atoms with Crippen LogP contribution >= 0.6 is 0 Å². The molecule has 1 aromatic heterocycles. The maximum atomic E-state index is 5.57. The van der Waals surface area contributed by atoms with Crippen molar-refractivity contribution in [2.45, 2.75) is 32.4 Å². The molecule has 1 atom stereocenters. The number of aromatic nitrogens is 1. The van der Waals surface area contributed by atoms with E-state index in [1.807, 2.05) is 12.3 Å². The predicted molar refractivity (Wildman–Crippen MR) is 76.1 cm³/mol. The molecule has 1 aliphatic rings. The van der Waals surface area contributed by atoms with Gasteiger partial charge in [-0.1, -0.05) is 6.07 Å². The largest absolute Gasteiger partial charge is 0.376 e. The summed E-state index contributed by atoms with van der Waals surface area (Å²) >= 11 is 0. The van der Waals surface area contributed by atoms with Gasteiger partial charge < -0.3 is 15.4 Å². The second kappa shape index (κ2) is 7.09. The van der Waals surface area contributed by atoms with E-state index in [1.165, 1.54) is 5.56 Å². The molecule has 0 bridgehead atoms. The van der Waals surface area contributed by atoms with Crippen molar-refractivity contribution in [3.8, 4) is 0 Å². The van der Waals surface area contributed by atoms with E-state index in [4.69, 9.17) is 4.74 Å². The van der Waals surface area contributed by atoms with Crippen LogP contribution in [0.5, 0.6) is 0 Å². The Morgan fingerprint density at radius 2 is 2.42 bits per heavy atom. The Morgan fingerprint density at radius 3 is 3.11 bits per heavy atom. The van der Waals surface area contributed by atoms with Crippen LogP contribution in [0.4, 0.5) is 0 Å². The summed E-state index contributed by atoms with van der Waals surface area (Å²) in [5, 5.41) is 6.56. The van der Waals surface area contributed by atoms with Crippen LogP contribution in [0.15, 0.2) is 23.3 Å². The highest BCUT2D eigenvalue weighted by Crippen LogP contribution is 2.10. The molecule has 1 aromatic rings. The van der Waals surface area contributed by atoms with Crippen LogP contribution in [0.25, 0.3) is 0 Å². The van der Waals surface area contributed by atoms with Gasteiger partial charge >= 0.3 is 0 Å². The predicted octanol–water partition coefficient (Wildman–Crippen LogP) is 1.23. The van der Waals surface area contributed by atoms with Gasteiger partial charge in [0.2, 0.25) is 0 Å². The van der Waals surface area contributed by atoms with Crippen LogP contribution in [0.1, 0.15) is 24.1 Å². The van der Waals surface area contributed by atoms with Gasteiger partial charge in [-0.25, -0.2) is 0 Å². The highest BCUT2D eigenvalue weighted by Gasteiger charge is 2.15. The number of guanidine groups is 1. The van der Waals surface area contributed by atoms with E-state index in [0.29, 0.717) is 12.6 Å². The van der Waals surface area contributed by atoms with Gasteiger partial charge in [-0.3, -0.25) is 9.98 Å². The minimum absolute atomic E-state index is 0.315. The third-order valence-electron chi connectivity index (χ3n) is 3.29. The van der Waals surface area contributed by atoms with Crippen molar-refractivity contribution in [3.05, 3.63) is 29.6 Å². The minimum atomic E-state index is 0.315. The van der Waals surface area contributed by atoms with Crippen LogP contribution in [0, 0.1) is 6.92 Å². The molecule has 2 heterocycles. The Labute approximate surface area is 114 Å². The Hall–Kier alpha value is -1.62. The molecule has 104 valence electrons. The molecule has 1 fully saturated rings. The summed E-state index contributed by atoms with van der Waals surface area (Å²) in [5.74, 6) is 0.792. The van der Waals surface area contributed by atoms with E-state index in [0.717, 1.165) is 37.6 Å². The number of hydrogen-bond donors (Lipinski definition) is 2. The van der Waals surface area contributed by atoms with Gasteiger partial charge in [-0.15, -0.1) is 0 Å². The molecular weight excluding hydrogens is 240 g/mol. The van der Waals surface area contributed by atoms with E-state index in [-0.39, 0.29) is 0 Å². The SMILES string of the molecule is CN=C(NCc1ncccc1C)NCC1CCCO1. The fraction of sp³-hybridized carbons (Fsp3) is 0.571. The van der Waals surface area contributed by atoms with Crippen molar-refractivity contribution in [2.75, 3.05) is 20.2 Å². The standard InChI is InChI=1S/C14H22N4O/c1-11-5-3-7-16-13(11)10-18-14(15-2)17-9-12-6-4-8-19-12/h3,5,7,12H,4,6,8-10H2,1-2H3,(H2,15,17,18). The normalized spacial score (nSPS) is 19.5. The molecule has 0 aliphatic carbocycles. The number of rotatable bonds is 4. The lowest BCUT2D eigenvalue weighted by molar-refractivity contribution is 0.114. The lowest BCUT2D eigenvalue weighted by atomic mass is 10.2. The van der Waals surface area contributed by atoms with Gasteiger partial charge in [0.05, 0.1) is 18.3 Å². The highest BCUT2D eigenvalue weighted by molar-refractivity contribution is 5.79. The number of nitrogens with one attached hydrogen (secondary N) is 2. The first kappa shape index (κ1) is 13.8. The summed E-state index contributed by atoms with van der Waals surface area (Å²) in [6.07, 6.45) is 4.41. The monoisotopic (exact) mass is 262 g/mol. The summed E-state index contributed by atoms with van der Waals surface area (Å²) < 4.78 is 5.57. The lowest BCUT2D eigenvalue weighted by Gasteiger charge is -2.15. The molecule has 0 aromatic carbocycles. The molecule has 1 saturated heterocycles. The highest BCUT2D eigenvalue weighted by atomic mass is 16.5. The summed E-state index contributed by atoms with van der Waals surface area (Å²) in [6.45, 7) is 4.43. The smallest absolute Gasteiger partial charge is 0.191 e. The number of ether oxygens (including phenoxy) is 1. The first-order valence-electron chi connectivity index (χ1n) is 6.76. The molecule has 0 saturated carbocycles. The van der Waals surface area contributed by atoms with E-state index in [1.54, 1.807) is 7.05 Å². The number of nitrogens with zero attached hydrogens (tertiary/aromatic N) is 2. The zero-order valence-corrected chi connectivity index (χ0v) is 11.6. The molecule has 0 amide bonds. The molecule has 19 heavy (non-hydrogen) atoms. The van der Waals surface area contributed by atoms with Crippen LogP contribution in [0.2, 0.25) is 0 Å². The molecular formula is C14H22N4O. The molecule has 1 aliphatic heterocycles.